The van der Waals surface area contributed by atoms with Crippen LogP contribution < -0.4 is 0 Å². The Balaban J connectivity index is 2.32. The van der Waals surface area contributed by atoms with Gasteiger partial charge >= 0.3 is 0 Å². The quantitative estimate of drug-likeness (QED) is 0.689. The van der Waals surface area contributed by atoms with Gasteiger partial charge in [-0.1, -0.05) is 12.1 Å². The zero-order valence-electron chi connectivity index (χ0n) is 9.24. The molecular weight excluding hydrogens is 191 g/mol. The van der Waals surface area contributed by atoms with E-state index in [4.69, 9.17) is 0 Å². The van der Waals surface area contributed by atoms with Crippen LogP contribution in [-0.4, -0.2) is 23.8 Å². The first-order chi connectivity index (χ1) is 7.09. The van der Waals surface area contributed by atoms with E-state index < -0.39 is 0 Å². The van der Waals surface area contributed by atoms with E-state index in [1.807, 2.05) is 31.1 Å². The number of likely N-dealkylation sites (N-methyl/N-ethyl adjacent to an activating group) is 1. The third-order valence-corrected chi connectivity index (χ3v) is 3.07. The molecule has 0 saturated carbocycles. The number of hydrazone groups is 1. The number of hydrogen-bond acceptors (Lipinski definition) is 2. The minimum absolute atomic E-state index is 0.188. The molecule has 1 aromatic rings. The van der Waals surface area contributed by atoms with Crippen molar-refractivity contribution in [2.75, 3.05) is 7.05 Å². The Morgan fingerprint density at radius 3 is 2.33 bits per heavy atom. The van der Waals surface area contributed by atoms with Gasteiger partial charge in [0, 0.05) is 18.7 Å². The molecule has 1 aliphatic rings. The number of halogens is 1. The summed E-state index contributed by atoms with van der Waals surface area (Å²) in [6.07, 6.45) is 0. The van der Waals surface area contributed by atoms with Gasteiger partial charge in [0.15, 0.2) is 0 Å². The van der Waals surface area contributed by atoms with Gasteiger partial charge in [0.25, 0.3) is 0 Å². The van der Waals surface area contributed by atoms with E-state index in [1.165, 1.54) is 12.1 Å². The van der Waals surface area contributed by atoms with Gasteiger partial charge in [0.1, 0.15) is 5.82 Å². The Hall–Kier alpha value is -1.38. The van der Waals surface area contributed by atoms with Crippen molar-refractivity contribution in [3.05, 3.63) is 35.6 Å². The maximum Gasteiger partial charge on any atom is 0.123 e. The van der Waals surface area contributed by atoms with Crippen molar-refractivity contribution in [3.8, 4) is 0 Å². The molecular formula is C12H15FN2. The van der Waals surface area contributed by atoms with Gasteiger partial charge in [0.05, 0.1) is 6.04 Å². The van der Waals surface area contributed by atoms with Crippen molar-refractivity contribution in [1.82, 2.24) is 5.01 Å². The second-order valence-electron chi connectivity index (χ2n) is 4.08. The molecule has 1 aromatic carbocycles. The van der Waals surface area contributed by atoms with Gasteiger partial charge in [-0.2, -0.15) is 5.10 Å². The first-order valence-corrected chi connectivity index (χ1v) is 5.13. The average Bonchev–Trinajstić information content (AvgIpc) is 2.44. The summed E-state index contributed by atoms with van der Waals surface area (Å²) in [5.41, 5.74) is 2.23. The minimum Gasteiger partial charge on any atom is -0.296 e. The SMILES string of the molecule is CC1=NN(C)C(C)C1c1ccc(F)cc1. The minimum atomic E-state index is -0.188. The Morgan fingerprint density at radius 1 is 1.27 bits per heavy atom. The summed E-state index contributed by atoms with van der Waals surface area (Å²) in [7, 11) is 1.97. The zero-order valence-corrected chi connectivity index (χ0v) is 9.24. The molecule has 0 N–H and O–H groups in total. The van der Waals surface area contributed by atoms with Crippen LogP contribution in [0.25, 0.3) is 0 Å². The van der Waals surface area contributed by atoms with Gasteiger partial charge in [-0.15, -0.1) is 0 Å². The third-order valence-electron chi connectivity index (χ3n) is 3.07. The largest absolute Gasteiger partial charge is 0.296 e. The van der Waals surface area contributed by atoms with Crippen LogP contribution in [0.1, 0.15) is 25.3 Å². The maximum absolute atomic E-state index is 12.8. The van der Waals surface area contributed by atoms with Crippen LogP contribution in [0.2, 0.25) is 0 Å². The van der Waals surface area contributed by atoms with Crippen molar-refractivity contribution >= 4 is 5.71 Å². The normalized spacial score (nSPS) is 25.6. The van der Waals surface area contributed by atoms with E-state index in [-0.39, 0.29) is 11.7 Å². The predicted molar refractivity (Wildman–Crippen MR) is 59.5 cm³/mol. The zero-order chi connectivity index (χ0) is 11.0. The van der Waals surface area contributed by atoms with E-state index in [1.54, 1.807) is 0 Å². The molecule has 2 rings (SSSR count). The van der Waals surface area contributed by atoms with Gasteiger partial charge < -0.3 is 0 Å². The molecule has 1 aliphatic heterocycles. The first kappa shape index (κ1) is 10.1. The molecule has 0 bridgehead atoms. The summed E-state index contributed by atoms with van der Waals surface area (Å²) in [5.74, 6) is 0.1000. The lowest BCUT2D eigenvalue weighted by atomic mass is 9.90. The van der Waals surface area contributed by atoms with E-state index in [0.29, 0.717) is 6.04 Å². The van der Waals surface area contributed by atoms with Crippen LogP contribution in [0.3, 0.4) is 0 Å². The molecule has 2 unspecified atom stereocenters. The molecule has 0 aromatic heterocycles. The number of nitrogens with zero attached hydrogens (tertiary/aromatic N) is 2. The van der Waals surface area contributed by atoms with Crippen LogP contribution in [0, 0.1) is 5.82 Å². The Bertz CT molecular complexity index is 383. The highest BCUT2D eigenvalue weighted by Gasteiger charge is 2.30. The third kappa shape index (κ3) is 1.74. The summed E-state index contributed by atoms with van der Waals surface area (Å²) in [6, 6.07) is 7.04. The molecule has 2 atom stereocenters. The summed E-state index contributed by atoms with van der Waals surface area (Å²) in [6.45, 7) is 4.15. The van der Waals surface area contributed by atoms with Crippen LogP contribution in [0.5, 0.6) is 0 Å². The Kier molecular flexibility index (Phi) is 2.47. The van der Waals surface area contributed by atoms with Gasteiger partial charge in [0.2, 0.25) is 0 Å². The summed E-state index contributed by atoms with van der Waals surface area (Å²) >= 11 is 0. The van der Waals surface area contributed by atoms with E-state index in [9.17, 15) is 4.39 Å². The molecule has 3 heteroatoms. The highest BCUT2D eigenvalue weighted by molar-refractivity contribution is 5.90. The van der Waals surface area contributed by atoms with Crippen LogP contribution in [0.15, 0.2) is 29.4 Å². The summed E-state index contributed by atoms with van der Waals surface area (Å²) in [5, 5.41) is 6.37. The molecule has 80 valence electrons. The smallest absolute Gasteiger partial charge is 0.123 e. The topological polar surface area (TPSA) is 15.6 Å². The molecule has 1 heterocycles. The molecule has 0 radical (unpaired) electrons. The van der Waals surface area contributed by atoms with Crippen molar-refractivity contribution in [2.45, 2.75) is 25.8 Å². The first-order valence-electron chi connectivity index (χ1n) is 5.13. The van der Waals surface area contributed by atoms with Crippen molar-refractivity contribution in [2.24, 2.45) is 5.10 Å². The lowest BCUT2D eigenvalue weighted by Gasteiger charge is -2.21. The summed E-state index contributed by atoms with van der Waals surface area (Å²) in [4.78, 5) is 0. The second-order valence-corrected chi connectivity index (χ2v) is 4.08. The lowest BCUT2D eigenvalue weighted by molar-refractivity contribution is 0.289. The number of hydrogen-bond donors (Lipinski definition) is 0. The summed E-state index contributed by atoms with van der Waals surface area (Å²) < 4.78 is 12.8. The Morgan fingerprint density at radius 2 is 1.87 bits per heavy atom. The predicted octanol–water partition coefficient (Wildman–Crippen LogP) is 2.62. The standard InChI is InChI=1S/C12H15FN2/c1-8-12(9(2)15(3)14-8)10-4-6-11(13)7-5-10/h4-7,9,12H,1-3H3. The Labute approximate surface area is 89.4 Å². The molecule has 0 saturated heterocycles. The lowest BCUT2D eigenvalue weighted by Crippen LogP contribution is -2.25. The van der Waals surface area contributed by atoms with E-state index >= 15 is 0 Å². The van der Waals surface area contributed by atoms with Crippen LogP contribution in [0.4, 0.5) is 4.39 Å². The van der Waals surface area contributed by atoms with E-state index in [0.717, 1.165) is 11.3 Å². The molecule has 15 heavy (non-hydrogen) atoms. The molecule has 2 nitrogen and oxygen atoms in total. The molecule has 0 fully saturated rings. The number of rotatable bonds is 1. The van der Waals surface area contributed by atoms with Crippen LogP contribution >= 0.6 is 0 Å². The maximum atomic E-state index is 12.8. The van der Waals surface area contributed by atoms with Crippen molar-refractivity contribution in [3.63, 3.8) is 0 Å². The second kappa shape index (κ2) is 3.65. The van der Waals surface area contributed by atoms with Gasteiger partial charge in [-0.3, -0.25) is 5.01 Å². The fraction of sp³-hybridized carbons (Fsp3) is 0.417. The van der Waals surface area contributed by atoms with Gasteiger partial charge in [-0.25, -0.2) is 4.39 Å². The van der Waals surface area contributed by atoms with Crippen molar-refractivity contribution < 1.29 is 4.39 Å². The average molecular weight is 206 g/mol. The van der Waals surface area contributed by atoms with E-state index in [2.05, 4.69) is 12.0 Å². The van der Waals surface area contributed by atoms with Gasteiger partial charge in [-0.05, 0) is 31.5 Å². The molecule has 0 spiro atoms. The molecule has 0 aliphatic carbocycles. The van der Waals surface area contributed by atoms with Crippen molar-refractivity contribution in [1.29, 1.82) is 0 Å². The highest BCUT2D eigenvalue weighted by Crippen LogP contribution is 2.29. The molecule has 0 amide bonds. The number of benzene rings is 1. The highest BCUT2D eigenvalue weighted by atomic mass is 19.1. The fourth-order valence-corrected chi connectivity index (χ4v) is 2.16. The fourth-order valence-electron chi connectivity index (χ4n) is 2.16. The monoisotopic (exact) mass is 206 g/mol. The van der Waals surface area contributed by atoms with Crippen LogP contribution in [-0.2, 0) is 0 Å².